The maximum atomic E-state index is 12.8. The van der Waals surface area contributed by atoms with Gasteiger partial charge in [0.2, 0.25) is 5.91 Å². The van der Waals surface area contributed by atoms with E-state index in [1.54, 1.807) is 6.07 Å². The quantitative estimate of drug-likeness (QED) is 0.517. The summed E-state index contributed by atoms with van der Waals surface area (Å²) in [6.45, 7) is 0. The van der Waals surface area contributed by atoms with Crippen LogP contribution in [0, 0.1) is 0 Å². The lowest BCUT2D eigenvalue weighted by atomic mass is 10.1. The van der Waals surface area contributed by atoms with E-state index in [9.17, 15) is 9.59 Å². The summed E-state index contributed by atoms with van der Waals surface area (Å²) in [4.78, 5) is 24.5. The average Bonchev–Trinajstić information content (AvgIpc) is 3.04. The first-order valence-corrected chi connectivity index (χ1v) is 9.63. The van der Waals surface area contributed by atoms with Crippen LogP contribution in [0.3, 0.4) is 0 Å². The van der Waals surface area contributed by atoms with E-state index in [1.165, 1.54) is 34.0 Å². The third-order valence-corrected chi connectivity index (χ3v) is 5.65. The van der Waals surface area contributed by atoms with Crippen LogP contribution in [-0.4, -0.2) is 17.6 Å². The molecule has 2 amide bonds. The molecule has 0 saturated heterocycles. The van der Waals surface area contributed by atoms with Crippen molar-refractivity contribution in [3.63, 3.8) is 0 Å². The third-order valence-electron chi connectivity index (χ3n) is 4.55. The fourth-order valence-electron chi connectivity index (χ4n) is 3.35. The minimum Gasteiger partial charge on any atom is -0.369 e. The largest absolute Gasteiger partial charge is 0.369 e. The van der Waals surface area contributed by atoms with Gasteiger partial charge in [-0.2, -0.15) is 0 Å². The van der Waals surface area contributed by atoms with Crippen LogP contribution < -0.4 is 11.1 Å². The minimum atomic E-state index is -0.409. The van der Waals surface area contributed by atoms with Crippen LogP contribution in [0.15, 0.2) is 71.6 Å². The molecule has 0 spiro atoms. The zero-order valence-corrected chi connectivity index (χ0v) is 15.4. The Bertz CT molecular complexity index is 1050. The molecule has 0 aliphatic heterocycles. The number of amides is 2. The maximum Gasteiger partial charge on any atom is 0.256 e. The smallest absolute Gasteiger partial charge is 0.256 e. The van der Waals surface area contributed by atoms with Crippen molar-refractivity contribution < 1.29 is 9.59 Å². The van der Waals surface area contributed by atoms with Crippen LogP contribution in [0.5, 0.6) is 0 Å². The molecule has 0 aromatic heterocycles. The lowest BCUT2D eigenvalue weighted by Crippen LogP contribution is -2.15. The normalized spacial score (nSPS) is 11.6. The van der Waals surface area contributed by atoms with Gasteiger partial charge in [-0.3, -0.25) is 9.59 Å². The Morgan fingerprint density at radius 3 is 2.52 bits per heavy atom. The number of primary amides is 1. The molecule has 0 fully saturated rings. The van der Waals surface area contributed by atoms with Crippen molar-refractivity contribution in [2.45, 2.75) is 11.3 Å². The van der Waals surface area contributed by atoms with Crippen molar-refractivity contribution in [1.82, 2.24) is 0 Å². The highest BCUT2D eigenvalue weighted by Gasteiger charge is 2.19. The van der Waals surface area contributed by atoms with Gasteiger partial charge >= 0.3 is 0 Å². The van der Waals surface area contributed by atoms with Crippen LogP contribution in [0.2, 0.25) is 0 Å². The van der Waals surface area contributed by atoms with Crippen molar-refractivity contribution in [3.8, 4) is 11.1 Å². The minimum absolute atomic E-state index is 0.140. The third kappa shape index (κ3) is 3.59. The van der Waals surface area contributed by atoms with Crippen LogP contribution in [-0.2, 0) is 11.2 Å². The molecule has 27 heavy (non-hydrogen) atoms. The molecule has 4 rings (SSSR count). The van der Waals surface area contributed by atoms with Gasteiger partial charge in [-0.15, -0.1) is 11.8 Å². The summed E-state index contributed by atoms with van der Waals surface area (Å²) in [6.07, 6.45) is 0.875. The first kappa shape index (κ1) is 17.4. The molecular formula is C22H18N2O2S. The molecule has 0 heterocycles. The highest BCUT2D eigenvalue weighted by Crippen LogP contribution is 2.37. The lowest BCUT2D eigenvalue weighted by Gasteiger charge is -2.10. The number of nitrogens with one attached hydrogen (secondary N) is 1. The number of carbonyl (C=O) groups is 2. The molecule has 0 saturated carbocycles. The monoisotopic (exact) mass is 374 g/mol. The van der Waals surface area contributed by atoms with E-state index in [2.05, 4.69) is 23.5 Å². The van der Waals surface area contributed by atoms with Crippen LogP contribution in [0.25, 0.3) is 11.1 Å². The number of rotatable bonds is 5. The van der Waals surface area contributed by atoms with Gasteiger partial charge in [-0.25, -0.2) is 0 Å². The van der Waals surface area contributed by atoms with E-state index >= 15 is 0 Å². The molecular weight excluding hydrogens is 356 g/mol. The zero-order valence-electron chi connectivity index (χ0n) is 14.6. The Morgan fingerprint density at radius 2 is 1.67 bits per heavy atom. The van der Waals surface area contributed by atoms with E-state index in [1.807, 2.05) is 42.5 Å². The predicted octanol–water partition coefficient (Wildman–Crippen LogP) is 4.09. The van der Waals surface area contributed by atoms with E-state index in [0.29, 0.717) is 5.56 Å². The number of carbonyl (C=O) groups excluding carboxylic acids is 2. The number of thioether (sulfide) groups is 1. The standard InChI is InChI=1S/C22H18N2O2S/c23-21(25)13-27-20-8-4-3-7-19(20)22(26)24-16-9-10-18-15(12-16)11-14-5-1-2-6-17(14)18/h1-10,12H,11,13H2,(H2,23,25)(H,24,26). The van der Waals surface area contributed by atoms with E-state index in [4.69, 9.17) is 5.73 Å². The molecule has 1 aliphatic carbocycles. The van der Waals surface area contributed by atoms with Gasteiger partial charge in [0.15, 0.2) is 0 Å². The molecule has 4 nitrogen and oxygen atoms in total. The molecule has 0 atom stereocenters. The van der Waals surface area contributed by atoms with Crippen molar-refractivity contribution in [2.24, 2.45) is 5.73 Å². The molecule has 1 aliphatic rings. The molecule has 3 aromatic rings. The van der Waals surface area contributed by atoms with Gasteiger partial charge in [-0.1, -0.05) is 42.5 Å². The second-order valence-corrected chi connectivity index (χ2v) is 7.43. The molecule has 5 heteroatoms. The molecule has 3 N–H and O–H groups in total. The Hall–Kier alpha value is -3.05. The highest BCUT2D eigenvalue weighted by molar-refractivity contribution is 8.00. The Balaban J connectivity index is 1.55. The lowest BCUT2D eigenvalue weighted by molar-refractivity contribution is -0.115. The first-order chi connectivity index (χ1) is 13.1. The molecule has 0 unspecified atom stereocenters. The van der Waals surface area contributed by atoms with Crippen LogP contribution in [0.1, 0.15) is 21.5 Å². The van der Waals surface area contributed by atoms with Gasteiger partial charge in [0.1, 0.15) is 0 Å². The van der Waals surface area contributed by atoms with E-state index < -0.39 is 5.91 Å². The van der Waals surface area contributed by atoms with Gasteiger partial charge in [0, 0.05) is 10.6 Å². The summed E-state index contributed by atoms with van der Waals surface area (Å²) in [6, 6.07) is 21.6. The van der Waals surface area contributed by atoms with E-state index in [-0.39, 0.29) is 11.7 Å². The fourth-order valence-corrected chi connectivity index (χ4v) is 4.14. The molecule has 3 aromatic carbocycles. The molecule has 134 valence electrons. The fraction of sp³-hybridized carbons (Fsp3) is 0.0909. The van der Waals surface area contributed by atoms with Crippen molar-refractivity contribution >= 4 is 29.3 Å². The van der Waals surface area contributed by atoms with Crippen molar-refractivity contribution in [1.29, 1.82) is 0 Å². The summed E-state index contributed by atoms with van der Waals surface area (Å²) >= 11 is 1.27. The summed E-state index contributed by atoms with van der Waals surface area (Å²) in [5.74, 6) is -0.465. The van der Waals surface area contributed by atoms with Crippen LogP contribution >= 0.6 is 11.8 Å². The average molecular weight is 374 g/mol. The number of benzene rings is 3. The maximum absolute atomic E-state index is 12.8. The number of hydrogen-bond acceptors (Lipinski definition) is 3. The number of nitrogens with two attached hydrogens (primary N) is 1. The Kier molecular flexibility index (Phi) is 4.69. The van der Waals surface area contributed by atoms with Gasteiger partial charge in [0.25, 0.3) is 5.91 Å². The van der Waals surface area contributed by atoms with Gasteiger partial charge in [0.05, 0.1) is 11.3 Å². The van der Waals surface area contributed by atoms with Crippen molar-refractivity contribution in [3.05, 3.63) is 83.4 Å². The second-order valence-electron chi connectivity index (χ2n) is 6.41. The Morgan fingerprint density at radius 1 is 0.926 bits per heavy atom. The highest BCUT2D eigenvalue weighted by atomic mass is 32.2. The number of hydrogen-bond donors (Lipinski definition) is 2. The van der Waals surface area contributed by atoms with Gasteiger partial charge < -0.3 is 11.1 Å². The summed E-state index contributed by atoms with van der Waals surface area (Å²) < 4.78 is 0. The topological polar surface area (TPSA) is 72.2 Å². The SMILES string of the molecule is NC(=O)CSc1ccccc1C(=O)Nc1ccc2c(c1)Cc1ccccc1-2. The molecule has 0 bridgehead atoms. The van der Waals surface area contributed by atoms with Crippen molar-refractivity contribution in [2.75, 3.05) is 11.1 Å². The molecule has 0 radical (unpaired) electrons. The summed E-state index contributed by atoms with van der Waals surface area (Å²) in [5.41, 5.74) is 11.5. The Labute approximate surface area is 161 Å². The summed E-state index contributed by atoms with van der Waals surface area (Å²) in [7, 11) is 0. The number of anilines is 1. The zero-order chi connectivity index (χ0) is 18.8. The van der Waals surface area contributed by atoms with Gasteiger partial charge in [-0.05, 0) is 52.9 Å². The predicted molar refractivity (Wildman–Crippen MR) is 109 cm³/mol. The second kappa shape index (κ2) is 7.29. The van der Waals surface area contributed by atoms with Crippen LogP contribution in [0.4, 0.5) is 5.69 Å². The number of fused-ring (bicyclic) bond motifs is 3. The first-order valence-electron chi connectivity index (χ1n) is 8.64. The summed E-state index contributed by atoms with van der Waals surface area (Å²) in [5, 5.41) is 2.97. The van der Waals surface area contributed by atoms with E-state index in [0.717, 1.165) is 17.0 Å².